The predicted octanol–water partition coefficient (Wildman–Crippen LogP) is -1.72. The van der Waals surface area contributed by atoms with E-state index < -0.39 is 89.2 Å². The number of nitrogens with one attached hydrogen (secondary N) is 7. The summed E-state index contributed by atoms with van der Waals surface area (Å²) in [7, 11) is 0. The summed E-state index contributed by atoms with van der Waals surface area (Å²) in [6.07, 6.45) is 0.650. The molecule has 1 saturated heterocycles. The maximum absolute atomic E-state index is 13.8. The van der Waals surface area contributed by atoms with Crippen LogP contribution in [0.2, 0.25) is 0 Å². The van der Waals surface area contributed by atoms with Crippen LogP contribution in [0, 0.1) is 5.92 Å². The summed E-state index contributed by atoms with van der Waals surface area (Å²) in [6, 6.07) is 4.18. The molecule has 1 aliphatic rings. The van der Waals surface area contributed by atoms with Gasteiger partial charge in [-0.15, -0.1) is 0 Å². The minimum Gasteiger partial charge on any atom is -0.394 e. The van der Waals surface area contributed by atoms with Crippen molar-refractivity contribution in [1.29, 1.82) is 0 Å². The van der Waals surface area contributed by atoms with Gasteiger partial charge in [0.1, 0.15) is 29.2 Å². The zero-order chi connectivity index (χ0) is 42.2. The van der Waals surface area contributed by atoms with Crippen molar-refractivity contribution in [3.05, 3.63) is 35.9 Å². The van der Waals surface area contributed by atoms with Crippen molar-refractivity contribution in [3.63, 3.8) is 0 Å². The first-order valence-corrected chi connectivity index (χ1v) is 19.0. The Morgan fingerprint density at radius 1 is 0.804 bits per heavy atom. The normalized spacial score (nSPS) is 17.2. The number of hydrogen-bond acceptors (Lipinski definition) is 10. The summed E-state index contributed by atoms with van der Waals surface area (Å²) < 4.78 is 0. The molecule has 1 aromatic carbocycles. The van der Waals surface area contributed by atoms with Gasteiger partial charge < -0.3 is 53.8 Å². The lowest BCUT2D eigenvalue weighted by Gasteiger charge is -2.35. The fourth-order valence-electron chi connectivity index (χ4n) is 5.91. The van der Waals surface area contributed by atoms with Crippen LogP contribution in [0.5, 0.6) is 0 Å². The molecule has 0 aromatic heterocycles. The Bertz CT molecular complexity index is 1550. The summed E-state index contributed by atoms with van der Waals surface area (Å²) in [4.78, 5) is 104. The van der Waals surface area contributed by atoms with E-state index in [-0.39, 0.29) is 50.4 Å². The van der Waals surface area contributed by atoms with E-state index in [4.69, 9.17) is 11.5 Å². The van der Waals surface area contributed by atoms with Crippen LogP contribution in [-0.4, -0.2) is 107 Å². The highest BCUT2D eigenvalue weighted by molar-refractivity contribution is 5.99. The minimum absolute atomic E-state index is 0.0193. The van der Waals surface area contributed by atoms with Gasteiger partial charge in [-0.1, -0.05) is 51.1 Å². The van der Waals surface area contributed by atoms with Crippen LogP contribution >= 0.6 is 0 Å². The maximum Gasteiger partial charge on any atom is 0.246 e. The molecule has 1 aliphatic heterocycles. The quantitative estimate of drug-likeness (QED) is 0.0599. The lowest BCUT2D eigenvalue weighted by Crippen LogP contribution is -2.66. The molecule has 1 aromatic rings. The second kappa shape index (κ2) is 21.8. The molecule has 312 valence electrons. The topological polar surface area (TPSA) is 293 Å². The molecule has 18 heteroatoms. The standard InChI is InChI=1S/C38H61N9O9/c1-7-38(6,47-35(55)37(4,5)46-34(54)30(22(2)3)45-31(51)25-14-11-19-41-25)36(56)44-27(16-18-29(40)50)33(53)43-26(15-17-28(39)49)32(52)42-24(21-48)20-23-12-9-8-10-13-23/h8-10,12-13,22,24-27,30,41,48H,7,11,14-21H2,1-6H3,(H2,39,49)(H2,40,50)(H,42,52)(H,43,53)(H,44,56)(H,45,51)(H,46,54)(H,47,55). The summed E-state index contributed by atoms with van der Waals surface area (Å²) in [5.74, 6) is -5.92. The Balaban J connectivity index is 2.22. The summed E-state index contributed by atoms with van der Waals surface area (Å²) >= 11 is 0. The number of primary amides is 2. The molecule has 56 heavy (non-hydrogen) atoms. The van der Waals surface area contributed by atoms with Crippen molar-refractivity contribution in [1.82, 2.24) is 37.2 Å². The number of benzene rings is 1. The Morgan fingerprint density at radius 2 is 1.38 bits per heavy atom. The van der Waals surface area contributed by atoms with E-state index in [9.17, 15) is 43.5 Å². The van der Waals surface area contributed by atoms with E-state index in [1.165, 1.54) is 20.8 Å². The van der Waals surface area contributed by atoms with Crippen molar-refractivity contribution in [2.24, 2.45) is 17.4 Å². The monoisotopic (exact) mass is 787 g/mol. The van der Waals surface area contributed by atoms with E-state index in [0.717, 1.165) is 12.0 Å². The molecule has 0 radical (unpaired) electrons. The van der Waals surface area contributed by atoms with E-state index >= 15 is 0 Å². The van der Waals surface area contributed by atoms with Crippen molar-refractivity contribution >= 4 is 47.3 Å². The number of nitrogens with two attached hydrogens (primary N) is 2. The Kier molecular flexibility index (Phi) is 18.4. The smallest absolute Gasteiger partial charge is 0.246 e. The Morgan fingerprint density at radius 3 is 1.88 bits per heavy atom. The molecule has 6 unspecified atom stereocenters. The van der Waals surface area contributed by atoms with Crippen molar-refractivity contribution in [3.8, 4) is 0 Å². The van der Waals surface area contributed by atoms with Crippen LogP contribution in [0.1, 0.15) is 92.1 Å². The highest BCUT2D eigenvalue weighted by atomic mass is 16.3. The van der Waals surface area contributed by atoms with Gasteiger partial charge in [0.15, 0.2) is 0 Å². The molecule has 1 heterocycles. The largest absolute Gasteiger partial charge is 0.394 e. The number of carbonyl (C=O) groups excluding carboxylic acids is 8. The van der Waals surface area contributed by atoms with Gasteiger partial charge in [0.2, 0.25) is 47.3 Å². The summed E-state index contributed by atoms with van der Waals surface area (Å²) in [5, 5.41) is 28.9. The van der Waals surface area contributed by atoms with Gasteiger partial charge in [-0.05, 0) is 77.3 Å². The first-order chi connectivity index (χ1) is 26.2. The fraction of sp³-hybridized carbons (Fsp3) is 0.632. The van der Waals surface area contributed by atoms with E-state index in [1.54, 1.807) is 32.9 Å². The van der Waals surface area contributed by atoms with Crippen LogP contribution in [0.25, 0.3) is 0 Å². The van der Waals surface area contributed by atoms with Crippen molar-refractivity contribution in [2.75, 3.05) is 13.2 Å². The molecular formula is C38H61N9O9. The van der Waals surface area contributed by atoms with Crippen LogP contribution in [-0.2, 0) is 44.8 Å². The van der Waals surface area contributed by atoms with Crippen LogP contribution in [0.4, 0.5) is 0 Å². The average molecular weight is 788 g/mol. The van der Waals surface area contributed by atoms with E-state index in [2.05, 4.69) is 37.2 Å². The maximum atomic E-state index is 13.8. The fourth-order valence-corrected chi connectivity index (χ4v) is 5.91. The lowest BCUT2D eigenvalue weighted by molar-refractivity contribution is -0.140. The summed E-state index contributed by atoms with van der Waals surface area (Å²) in [5.41, 5.74) is 8.29. The third-order valence-electron chi connectivity index (χ3n) is 9.73. The summed E-state index contributed by atoms with van der Waals surface area (Å²) in [6.45, 7) is 9.69. The van der Waals surface area contributed by atoms with Crippen LogP contribution in [0.3, 0.4) is 0 Å². The SMILES string of the molecule is CCC(C)(NC(=O)C(C)(C)NC(=O)C(NC(=O)C1CCCN1)C(C)C)C(=O)NC(CCC(N)=O)C(=O)NC(CCC(N)=O)C(=O)NC(CO)Cc1ccccc1. The molecule has 8 amide bonds. The van der Waals surface area contributed by atoms with Gasteiger partial charge >= 0.3 is 0 Å². The molecule has 1 fully saturated rings. The number of aliphatic hydroxyl groups excluding tert-OH is 1. The van der Waals surface area contributed by atoms with Crippen molar-refractivity contribution < 1.29 is 43.5 Å². The lowest BCUT2D eigenvalue weighted by atomic mass is 9.93. The van der Waals surface area contributed by atoms with Gasteiger partial charge in [-0.3, -0.25) is 38.4 Å². The molecule has 0 saturated carbocycles. The first-order valence-electron chi connectivity index (χ1n) is 19.0. The second-order valence-corrected chi connectivity index (χ2v) is 15.3. The van der Waals surface area contributed by atoms with E-state index in [1.807, 2.05) is 18.2 Å². The highest BCUT2D eigenvalue weighted by Crippen LogP contribution is 2.16. The van der Waals surface area contributed by atoms with E-state index in [0.29, 0.717) is 13.0 Å². The average Bonchev–Trinajstić information content (AvgIpc) is 3.68. The molecule has 0 spiro atoms. The van der Waals surface area contributed by atoms with Crippen LogP contribution < -0.4 is 48.7 Å². The van der Waals surface area contributed by atoms with Gasteiger partial charge in [0.05, 0.1) is 18.7 Å². The van der Waals surface area contributed by atoms with Gasteiger partial charge in [0.25, 0.3) is 0 Å². The molecular weight excluding hydrogens is 726 g/mol. The molecule has 2 rings (SSSR count). The molecule has 0 aliphatic carbocycles. The third-order valence-corrected chi connectivity index (χ3v) is 9.73. The zero-order valence-corrected chi connectivity index (χ0v) is 33.3. The number of amides is 8. The van der Waals surface area contributed by atoms with Crippen molar-refractivity contribution in [2.45, 2.75) is 134 Å². The molecule has 6 atom stereocenters. The molecule has 12 N–H and O–H groups in total. The highest BCUT2D eigenvalue weighted by Gasteiger charge is 2.42. The van der Waals surface area contributed by atoms with Gasteiger partial charge in [-0.25, -0.2) is 0 Å². The number of rotatable bonds is 23. The number of aliphatic hydroxyl groups is 1. The first kappa shape index (κ1) is 47.1. The van der Waals surface area contributed by atoms with Gasteiger partial charge in [0, 0.05) is 12.8 Å². The van der Waals surface area contributed by atoms with Gasteiger partial charge in [-0.2, -0.15) is 0 Å². The van der Waals surface area contributed by atoms with Crippen LogP contribution in [0.15, 0.2) is 30.3 Å². The number of carbonyl (C=O) groups is 8. The predicted molar refractivity (Wildman–Crippen MR) is 207 cm³/mol. The Hall–Kier alpha value is -5.10. The second-order valence-electron chi connectivity index (χ2n) is 15.3. The number of hydrogen-bond donors (Lipinski definition) is 10. The third kappa shape index (κ3) is 14.9. The Labute approximate surface area is 328 Å². The zero-order valence-electron chi connectivity index (χ0n) is 33.3. The molecule has 0 bridgehead atoms. The molecule has 18 nitrogen and oxygen atoms in total. The minimum atomic E-state index is -1.65.